The van der Waals surface area contributed by atoms with Crippen molar-refractivity contribution in [3.8, 4) is 10.4 Å². The van der Waals surface area contributed by atoms with Gasteiger partial charge in [0, 0.05) is 65.3 Å². The van der Waals surface area contributed by atoms with Crippen molar-refractivity contribution in [3.63, 3.8) is 0 Å². The van der Waals surface area contributed by atoms with Crippen LogP contribution in [0.1, 0.15) is 5.69 Å². The van der Waals surface area contributed by atoms with Gasteiger partial charge in [-0.05, 0) is 18.6 Å². The summed E-state index contributed by atoms with van der Waals surface area (Å²) >= 11 is 1.75. The molecule has 150 valence electrons. The Bertz CT molecular complexity index is 1170. The second kappa shape index (κ2) is 7.85. The van der Waals surface area contributed by atoms with Gasteiger partial charge >= 0.3 is 0 Å². The van der Waals surface area contributed by atoms with Crippen molar-refractivity contribution >= 4 is 43.9 Å². The highest BCUT2D eigenvalue weighted by Gasteiger charge is 2.17. The maximum Gasteiger partial charge on any atom is 0.181 e. The molecule has 0 aliphatic carbocycles. The highest BCUT2D eigenvalue weighted by atomic mass is 32.2. The summed E-state index contributed by atoms with van der Waals surface area (Å²) in [6.45, 7) is 5.61. The molecule has 0 radical (unpaired) electrons. The van der Waals surface area contributed by atoms with Crippen LogP contribution in [0.5, 0.6) is 0 Å². The Labute approximate surface area is 176 Å². The standard InChI is InChI=1S/C21H23N5OS2/c1-15-14-23-20-19(22-7-8-25-9-11-29(27)12-10-25)24-17-13-18(28-21(17)26(15)20)16-5-3-2-4-6-16/h2-6,13-14H,7-12H2,1H3,(H,22,24). The van der Waals surface area contributed by atoms with Crippen molar-refractivity contribution in [2.45, 2.75) is 6.92 Å². The molecule has 4 heterocycles. The zero-order chi connectivity index (χ0) is 19.8. The topological polar surface area (TPSA) is 62.5 Å². The molecule has 0 atom stereocenters. The number of rotatable bonds is 5. The molecule has 29 heavy (non-hydrogen) atoms. The lowest BCUT2D eigenvalue weighted by Gasteiger charge is -2.26. The van der Waals surface area contributed by atoms with Gasteiger partial charge in [0.25, 0.3) is 0 Å². The van der Waals surface area contributed by atoms with E-state index in [4.69, 9.17) is 4.98 Å². The van der Waals surface area contributed by atoms with E-state index in [-0.39, 0.29) is 0 Å². The minimum Gasteiger partial charge on any atom is -0.366 e. The highest BCUT2D eigenvalue weighted by Crippen LogP contribution is 2.35. The smallest absolute Gasteiger partial charge is 0.181 e. The minimum absolute atomic E-state index is 0.634. The van der Waals surface area contributed by atoms with Crippen LogP contribution in [0.4, 0.5) is 5.82 Å². The fraction of sp³-hybridized carbons (Fsp3) is 0.333. The quantitative estimate of drug-likeness (QED) is 0.531. The van der Waals surface area contributed by atoms with Crippen LogP contribution in [-0.4, -0.2) is 61.2 Å². The van der Waals surface area contributed by atoms with Crippen LogP contribution in [0.25, 0.3) is 26.4 Å². The molecular formula is C21H23N5OS2. The van der Waals surface area contributed by atoms with Crippen LogP contribution in [0, 0.1) is 6.92 Å². The molecule has 1 aromatic carbocycles. The van der Waals surface area contributed by atoms with E-state index in [1.165, 1.54) is 10.4 Å². The largest absolute Gasteiger partial charge is 0.366 e. The van der Waals surface area contributed by atoms with Crippen molar-refractivity contribution < 1.29 is 4.21 Å². The summed E-state index contributed by atoms with van der Waals surface area (Å²) < 4.78 is 13.7. The fourth-order valence-electron chi connectivity index (χ4n) is 3.74. The van der Waals surface area contributed by atoms with Crippen LogP contribution in [0.15, 0.2) is 42.6 Å². The predicted octanol–water partition coefficient (Wildman–Crippen LogP) is 3.40. The predicted molar refractivity (Wildman–Crippen MR) is 121 cm³/mol. The number of fused-ring (bicyclic) bond motifs is 3. The molecule has 1 aliphatic heterocycles. The van der Waals surface area contributed by atoms with Crippen LogP contribution in [-0.2, 0) is 10.8 Å². The van der Waals surface area contributed by atoms with E-state index in [0.29, 0.717) is 0 Å². The molecular weight excluding hydrogens is 402 g/mol. The lowest BCUT2D eigenvalue weighted by atomic mass is 10.2. The second-order valence-corrected chi connectivity index (χ2v) is 10.0. The van der Waals surface area contributed by atoms with Crippen molar-refractivity contribution in [1.82, 2.24) is 19.3 Å². The average molecular weight is 426 g/mol. The molecule has 8 heteroatoms. The molecule has 1 N–H and O–H groups in total. The van der Waals surface area contributed by atoms with Crippen LogP contribution < -0.4 is 5.32 Å². The number of nitrogens with zero attached hydrogens (tertiary/aromatic N) is 4. The zero-order valence-electron chi connectivity index (χ0n) is 16.3. The number of benzene rings is 1. The number of aromatic nitrogens is 3. The number of nitrogens with one attached hydrogen (secondary N) is 1. The van der Waals surface area contributed by atoms with Gasteiger partial charge in [-0.2, -0.15) is 0 Å². The maximum absolute atomic E-state index is 11.5. The third kappa shape index (κ3) is 3.68. The van der Waals surface area contributed by atoms with E-state index in [0.717, 1.165) is 65.2 Å². The normalized spacial score (nSPS) is 16.0. The molecule has 0 unspecified atom stereocenters. The molecule has 4 aromatic rings. The molecule has 5 rings (SSSR count). The van der Waals surface area contributed by atoms with E-state index >= 15 is 0 Å². The molecule has 1 saturated heterocycles. The third-order valence-electron chi connectivity index (χ3n) is 5.33. The van der Waals surface area contributed by atoms with Crippen LogP contribution in [0.3, 0.4) is 0 Å². The Morgan fingerprint density at radius 3 is 2.79 bits per heavy atom. The summed E-state index contributed by atoms with van der Waals surface area (Å²) in [4.78, 5) is 14.2. The molecule has 0 amide bonds. The summed E-state index contributed by atoms with van der Waals surface area (Å²) in [6.07, 6.45) is 1.91. The van der Waals surface area contributed by atoms with Crippen LogP contribution >= 0.6 is 11.3 Å². The van der Waals surface area contributed by atoms with Crippen molar-refractivity contribution in [2.24, 2.45) is 0 Å². The molecule has 3 aromatic heterocycles. The number of aryl methyl sites for hydroxylation is 1. The Morgan fingerprint density at radius 1 is 1.21 bits per heavy atom. The highest BCUT2D eigenvalue weighted by molar-refractivity contribution is 7.85. The first-order valence-corrected chi connectivity index (χ1v) is 12.1. The van der Waals surface area contributed by atoms with Gasteiger partial charge in [0.05, 0.1) is 0 Å². The molecule has 0 bridgehead atoms. The molecule has 1 aliphatic rings. The third-order valence-corrected chi connectivity index (χ3v) is 7.76. The van der Waals surface area contributed by atoms with E-state index < -0.39 is 10.8 Å². The fourth-order valence-corrected chi connectivity index (χ4v) is 6.03. The monoisotopic (exact) mass is 425 g/mol. The van der Waals surface area contributed by atoms with Gasteiger partial charge in [0.15, 0.2) is 11.5 Å². The van der Waals surface area contributed by atoms with Gasteiger partial charge in [-0.3, -0.25) is 13.5 Å². The van der Waals surface area contributed by atoms with Gasteiger partial charge < -0.3 is 5.32 Å². The van der Waals surface area contributed by atoms with Gasteiger partial charge in [-0.15, -0.1) is 11.3 Å². The zero-order valence-corrected chi connectivity index (χ0v) is 17.9. The molecule has 0 saturated carbocycles. The van der Waals surface area contributed by atoms with E-state index in [1.807, 2.05) is 12.3 Å². The minimum atomic E-state index is -0.634. The Kier molecular flexibility index (Phi) is 5.07. The summed E-state index contributed by atoms with van der Waals surface area (Å²) in [7, 11) is -0.634. The summed E-state index contributed by atoms with van der Waals surface area (Å²) in [5.74, 6) is 2.39. The molecule has 0 spiro atoms. The van der Waals surface area contributed by atoms with Gasteiger partial charge in [0.2, 0.25) is 0 Å². The molecule has 1 fully saturated rings. The SMILES string of the molecule is Cc1cnc2c(NCCN3CCS(=O)CC3)nc3cc(-c4ccccc4)sc3n12. The maximum atomic E-state index is 11.5. The summed E-state index contributed by atoms with van der Waals surface area (Å²) in [5, 5.41) is 3.49. The first-order valence-electron chi connectivity index (χ1n) is 9.83. The Morgan fingerprint density at radius 2 is 2.00 bits per heavy atom. The van der Waals surface area contributed by atoms with Crippen molar-refractivity contribution in [2.75, 3.05) is 43.0 Å². The van der Waals surface area contributed by atoms with Gasteiger partial charge in [-0.1, -0.05) is 30.3 Å². The van der Waals surface area contributed by atoms with E-state index in [9.17, 15) is 4.21 Å². The van der Waals surface area contributed by atoms with E-state index in [2.05, 4.69) is 56.9 Å². The van der Waals surface area contributed by atoms with Crippen LogP contribution in [0.2, 0.25) is 0 Å². The number of thiophene rings is 1. The Hall–Kier alpha value is -2.29. The number of hydrogen-bond donors (Lipinski definition) is 1. The van der Waals surface area contributed by atoms with Gasteiger partial charge in [-0.25, -0.2) is 9.97 Å². The number of anilines is 1. The first kappa shape index (κ1) is 18.7. The van der Waals surface area contributed by atoms with Gasteiger partial charge in [0.1, 0.15) is 10.3 Å². The summed E-state index contributed by atoms with van der Waals surface area (Å²) in [6, 6.07) is 12.6. The van der Waals surface area contributed by atoms with Crippen molar-refractivity contribution in [3.05, 3.63) is 48.3 Å². The van der Waals surface area contributed by atoms with Crippen molar-refractivity contribution in [1.29, 1.82) is 0 Å². The molecule has 6 nitrogen and oxygen atoms in total. The number of hydrogen-bond acceptors (Lipinski definition) is 6. The lowest BCUT2D eigenvalue weighted by Crippen LogP contribution is -2.40. The second-order valence-electron chi connectivity index (χ2n) is 7.30. The number of imidazole rings is 1. The average Bonchev–Trinajstić information content (AvgIpc) is 3.34. The van der Waals surface area contributed by atoms with E-state index in [1.54, 1.807) is 11.3 Å². The first-order chi connectivity index (χ1) is 14.2. The lowest BCUT2D eigenvalue weighted by molar-refractivity contribution is 0.311. The summed E-state index contributed by atoms with van der Waals surface area (Å²) in [5.41, 5.74) is 4.17. The Balaban J connectivity index is 1.44.